The van der Waals surface area contributed by atoms with E-state index in [0.717, 1.165) is 28.0 Å². The summed E-state index contributed by atoms with van der Waals surface area (Å²) in [5.74, 6) is -0.207. The average molecular weight is 386 g/mol. The molecule has 0 atom stereocenters. The van der Waals surface area contributed by atoms with Crippen LogP contribution in [0.1, 0.15) is 27.2 Å². The normalized spacial score (nSPS) is 10.9. The van der Waals surface area contributed by atoms with E-state index >= 15 is 0 Å². The van der Waals surface area contributed by atoms with Crippen LogP contribution in [0.15, 0.2) is 55.0 Å². The lowest BCUT2D eigenvalue weighted by molar-refractivity contribution is 0.0951. The number of carbonyl (C=O) groups excluding carboxylic acids is 1. The predicted octanol–water partition coefficient (Wildman–Crippen LogP) is 3.65. The van der Waals surface area contributed by atoms with Crippen LogP contribution in [0.3, 0.4) is 0 Å². The number of rotatable bonds is 5. The zero-order valence-corrected chi connectivity index (χ0v) is 16.6. The van der Waals surface area contributed by atoms with Crippen molar-refractivity contribution in [3.05, 3.63) is 77.4 Å². The quantitative estimate of drug-likeness (QED) is 0.547. The number of fused-ring (bicyclic) bond motifs is 1. The summed E-state index contributed by atoms with van der Waals surface area (Å²) in [6.07, 6.45) is 5.04. The van der Waals surface area contributed by atoms with Gasteiger partial charge in [0, 0.05) is 37.9 Å². The van der Waals surface area contributed by atoms with E-state index in [2.05, 4.69) is 25.7 Å². The lowest BCUT2D eigenvalue weighted by atomic mass is 10.1. The second kappa shape index (κ2) is 7.71. The number of pyridine rings is 2. The molecule has 0 unspecified atom stereocenters. The van der Waals surface area contributed by atoms with Crippen molar-refractivity contribution in [3.8, 4) is 0 Å². The van der Waals surface area contributed by atoms with Gasteiger partial charge in [-0.05, 0) is 37.6 Å². The zero-order chi connectivity index (χ0) is 20.4. The van der Waals surface area contributed by atoms with Gasteiger partial charge in [0.25, 0.3) is 5.91 Å². The summed E-state index contributed by atoms with van der Waals surface area (Å²) < 4.78 is 1.72. The van der Waals surface area contributed by atoms with Gasteiger partial charge in [0.15, 0.2) is 5.65 Å². The number of aromatic nitrogens is 4. The second-order valence-electron chi connectivity index (χ2n) is 6.99. The van der Waals surface area contributed by atoms with Gasteiger partial charge in [-0.1, -0.05) is 23.8 Å². The molecule has 4 rings (SSSR count). The maximum absolute atomic E-state index is 13.0. The summed E-state index contributed by atoms with van der Waals surface area (Å²) in [4.78, 5) is 21.6. The minimum Gasteiger partial charge on any atom is -0.354 e. The minimum absolute atomic E-state index is 0.207. The highest BCUT2D eigenvalue weighted by Crippen LogP contribution is 2.31. The molecule has 3 heterocycles. The number of nitrogens with zero attached hydrogens (tertiary/aromatic N) is 4. The van der Waals surface area contributed by atoms with Gasteiger partial charge in [-0.15, -0.1) is 0 Å². The summed E-state index contributed by atoms with van der Waals surface area (Å²) in [6.45, 7) is 4.35. The van der Waals surface area contributed by atoms with Crippen LogP contribution in [0.2, 0.25) is 0 Å². The number of benzene rings is 1. The number of hydrogen-bond donors (Lipinski definition) is 2. The van der Waals surface area contributed by atoms with Gasteiger partial charge in [0.1, 0.15) is 0 Å². The molecule has 0 bridgehead atoms. The Hall–Kier alpha value is -3.74. The molecule has 0 fully saturated rings. The fourth-order valence-corrected chi connectivity index (χ4v) is 3.28. The third-order valence-corrected chi connectivity index (χ3v) is 4.77. The Bertz CT molecular complexity index is 1170. The predicted molar refractivity (Wildman–Crippen MR) is 113 cm³/mol. The number of anilines is 2. The monoisotopic (exact) mass is 386 g/mol. The molecule has 1 amide bonds. The molecule has 0 spiro atoms. The summed E-state index contributed by atoms with van der Waals surface area (Å²) >= 11 is 0. The molecule has 0 radical (unpaired) electrons. The first kappa shape index (κ1) is 18.6. The fourth-order valence-electron chi connectivity index (χ4n) is 3.28. The van der Waals surface area contributed by atoms with Crippen LogP contribution in [0.5, 0.6) is 0 Å². The van der Waals surface area contributed by atoms with Crippen LogP contribution in [0, 0.1) is 13.8 Å². The molecule has 2 N–H and O–H groups in total. The second-order valence-corrected chi connectivity index (χ2v) is 6.99. The maximum Gasteiger partial charge on any atom is 0.255 e. The Balaban J connectivity index is 1.73. The van der Waals surface area contributed by atoms with Gasteiger partial charge in [0.2, 0.25) is 0 Å². The van der Waals surface area contributed by atoms with Crippen LogP contribution < -0.4 is 10.6 Å². The van der Waals surface area contributed by atoms with E-state index in [9.17, 15) is 4.79 Å². The summed E-state index contributed by atoms with van der Waals surface area (Å²) in [6, 6.07) is 11.8. The molecule has 0 saturated heterocycles. The number of hydrogen-bond acceptors (Lipinski definition) is 5. The molecular formula is C22H22N6O. The Kier molecular flexibility index (Phi) is 4.95. The molecule has 146 valence electrons. The van der Waals surface area contributed by atoms with Crippen molar-refractivity contribution >= 4 is 28.3 Å². The molecule has 29 heavy (non-hydrogen) atoms. The fraction of sp³-hybridized carbons (Fsp3) is 0.182. The van der Waals surface area contributed by atoms with E-state index in [4.69, 9.17) is 0 Å². The van der Waals surface area contributed by atoms with Crippen molar-refractivity contribution in [2.75, 3.05) is 5.32 Å². The largest absolute Gasteiger partial charge is 0.354 e. The third kappa shape index (κ3) is 3.80. The molecule has 0 saturated carbocycles. The number of carbonyl (C=O) groups is 1. The number of aryl methyl sites for hydroxylation is 3. The summed E-state index contributed by atoms with van der Waals surface area (Å²) in [5, 5.41) is 11.7. The van der Waals surface area contributed by atoms with E-state index in [-0.39, 0.29) is 5.91 Å². The van der Waals surface area contributed by atoms with Crippen LogP contribution in [0.25, 0.3) is 11.0 Å². The van der Waals surface area contributed by atoms with Gasteiger partial charge in [-0.3, -0.25) is 14.5 Å². The lowest BCUT2D eigenvalue weighted by Crippen LogP contribution is -2.24. The van der Waals surface area contributed by atoms with Crippen molar-refractivity contribution in [2.24, 2.45) is 7.05 Å². The standard InChI is InChI=1S/C22H22N6O/c1-14-6-8-17(9-7-14)26-20-18(13-24-21-19(20)15(2)27-28(21)3)22(29)25-12-16-5-4-10-23-11-16/h4-11,13H,12H2,1-3H3,(H,24,26)(H,25,29). The first-order valence-electron chi connectivity index (χ1n) is 9.36. The molecule has 0 aliphatic rings. The molecule has 1 aromatic carbocycles. The van der Waals surface area contributed by atoms with Crippen LogP contribution in [-0.2, 0) is 13.6 Å². The van der Waals surface area contributed by atoms with Crippen LogP contribution >= 0.6 is 0 Å². The molecule has 7 heteroatoms. The summed E-state index contributed by atoms with van der Waals surface area (Å²) in [5.41, 5.74) is 5.70. The van der Waals surface area contributed by atoms with E-state index in [0.29, 0.717) is 17.8 Å². The highest BCUT2D eigenvalue weighted by atomic mass is 16.1. The van der Waals surface area contributed by atoms with E-state index in [1.807, 2.05) is 57.3 Å². The van der Waals surface area contributed by atoms with Gasteiger partial charge in [-0.2, -0.15) is 5.10 Å². The number of nitrogens with one attached hydrogen (secondary N) is 2. The molecule has 4 aromatic rings. The van der Waals surface area contributed by atoms with Gasteiger partial charge in [0.05, 0.1) is 22.3 Å². The topological polar surface area (TPSA) is 84.7 Å². The summed E-state index contributed by atoms with van der Waals surface area (Å²) in [7, 11) is 1.85. The van der Waals surface area contributed by atoms with E-state index in [1.165, 1.54) is 5.56 Å². The zero-order valence-electron chi connectivity index (χ0n) is 16.6. The lowest BCUT2D eigenvalue weighted by Gasteiger charge is -2.14. The SMILES string of the molecule is Cc1ccc(Nc2c(C(=O)NCc3cccnc3)cnc3c2c(C)nn3C)cc1. The Morgan fingerprint density at radius 1 is 1.10 bits per heavy atom. The Labute approximate surface area is 168 Å². The van der Waals surface area contributed by atoms with E-state index < -0.39 is 0 Å². The van der Waals surface area contributed by atoms with Crippen molar-refractivity contribution in [3.63, 3.8) is 0 Å². The van der Waals surface area contributed by atoms with Crippen molar-refractivity contribution in [1.29, 1.82) is 0 Å². The highest BCUT2D eigenvalue weighted by Gasteiger charge is 2.20. The molecule has 0 aliphatic heterocycles. The van der Waals surface area contributed by atoms with Crippen LogP contribution in [-0.4, -0.2) is 25.7 Å². The first-order valence-corrected chi connectivity index (χ1v) is 9.36. The minimum atomic E-state index is -0.207. The molecule has 3 aromatic heterocycles. The number of amides is 1. The van der Waals surface area contributed by atoms with Crippen LogP contribution in [0.4, 0.5) is 11.4 Å². The molecule has 0 aliphatic carbocycles. The Morgan fingerprint density at radius 3 is 2.62 bits per heavy atom. The average Bonchev–Trinajstić information content (AvgIpc) is 3.03. The highest BCUT2D eigenvalue weighted by molar-refractivity contribution is 6.08. The van der Waals surface area contributed by atoms with Gasteiger partial charge < -0.3 is 10.6 Å². The van der Waals surface area contributed by atoms with Gasteiger partial charge in [-0.25, -0.2) is 4.98 Å². The molecule has 7 nitrogen and oxygen atoms in total. The third-order valence-electron chi connectivity index (χ3n) is 4.77. The smallest absolute Gasteiger partial charge is 0.255 e. The van der Waals surface area contributed by atoms with E-state index in [1.54, 1.807) is 23.3 Å². The maximum atomic E-state index is 13.0. The van der Waals surface area contributed by atoms with Crippen molar-refractivity contribution in [1.82, 2.24) is 25.1 Å². The first-order chi connectivity index (χ1) is 14.0. The Morgan fingerprint density at radius 2 is 1.90 bits per heavy atom. The van der Waals surface area contributed by atoms with Gasteiger partial charge >= 0.3 is 0 Å². The molecular weight excluding hydrogens is 364 g/mol. The van der Waals surface area contributed by atoms with Crippen molar-refractivity contribution < 1.29 is 4.79 Å². The van der Waals surface area contributed by atoms with Crippen molar-refractivity contribution in [2.45, 2.75) is 20.4 Å².